The van der Waals surface area contributed by atoms with E-state index >= 15 is 0 Å². The van der Waals surface area contributed by atoms with Crippen molar-refractivity contribution in [1.29, 1.82) is 0 Å². The molecule has 0 saturated heterocycles. The summed E-state index contributed by atoms with van der Waals surface area (Å²) < 4.78 is 0. The highest BCUT2D eigenvalue weighted by atomic mass is 32.2. The topological polar surface area (TPSA) is 15.3 Å². The van der Waals surface area contributed by atoms with Gasteiger partial charge in [0.15, 0.2) is 0 Å². The molecule has 0 amide bonds. The Morgan fingerprint density at radius 3 is 2.37 bits per heavy atom. The summed E-state index contributed by atoms with van der Waals surface area (Å²) in [5, 5.41) is 3.69. The van der Waals surface area contributed by atoms with Gasteiger partial charge in [0.05, 0.1) is 0 Å². The number of hydrogen-bond acceptors (Lipinski definition) is 3. The molecule has 1 fully saturated rings. The van der Waals surface area contributed by atoms with Gasteiger partial charge in [0.1, 0.15) is 0 Å². The Labute approximate surface area is 125 Å². The number of hydrogen-bond donors (Lipinski definition) is 1. The van der Waals surface area contributed by atoms with Gasteiger partial charge in [-0.15, -0.1) is 0 Å². The summed E-state index contributed by atoms with van der Waals surface area (Å²) in [4.78, 5) is 2.63. The highest BCUT2D eigenvalue weighted by Crippen LogP contribution is 2.38. The van der Waals surface area contributed by atoms with Crippen molar-refractivity contribution in [3.8, 4) is 0 Å². The second-order valence-corrected chi connectivity index (χ2v) is 7.59. The number of nitrogens with zero attached hydrogens (tertiary/aromatic N) is 1. The van der Waals surface area contributed by atoms with Crippen molar-refractivity contribution in [3.63, 3.8) is 0 Å². The molecule has 0 spiro atoms. The van der Waals surface area contributed by atoms with E-state index in [-0.39, 0.29) is 0 Å². The smallest absolute Gasteiger partial charge is 0.0180 e. The lowest BCUT2D eigenvalue weighted by molar-refractivity contribution is 0.138. The first-order valence-corrected chi connectivity index (χ1v) is 9.35. The zero-order chi connectivity index (χ0) is 14.3. The second-order valence-electron chi connectivity index (χ2n) is 6.68. The van der Waals surface area contributed by atoms with E-state index in [2.05, 4.69) is 44.3 Å². The van der Waals surface area contributed by atoms with Crippen LogP contribution in [0.4, 0.5) is 0 Å². The first kappa shape index (κ1) is 17.3. The monoisotopic (exact) mass is 286 g/mol. The van der Waals surface area contributed by atoms with Gasteiger partial charge in [0.2, 0.25) is 0 Å². The molecule has 1 aliphatic carbocycles. The van der Waals surface area contributed by atoms with E-state index in [0.717, 1.165) is 6.04 Å². The summed E-state index contributed by atoms with van der Waals surface area (Å²) in [5.74, 6) is 1.26. The Morgan fingerprint density at radius 2 is 1.89 bits per heavy atom. The average molecular weight is 287 g/mol. The zero-order valence-electron chi connectivity index (χ0n) is 13.7. The minimum atomic E-state index is 0.533. The Hall–Kier alpha value is 0.270. The molecule has 0 aliphatic heterocycles. The van der Waals surface area contributed by atoms with Crippen LogP contribution in [0.15, 0.2) is 0 Å². The molecule has 3 heteroatoms. The molecule has 2 nitrogen and oxygen atoms in total. The van der Waals surface area contributed by atoms with Crippen molar-refractivity contribution in [3.05, 3.63) is 0 Å². The van der Waals surface area contributed by atoms with Gasteiger partial charge in [0.25, 0.3) is 0 Å². The van der Waals surface area contributed by atoms with Gasteiger partial charge in [-0.2, -0.15) is 11.8 Å². The molecule has 0 radical (unpaired) electrons. The second kappa shape index (κ2) is 8.53. The van der Waals surface area contributed by atoms with Crippen LogP contribution in [-0.2, 0) is 0 Å². The normalized spacial score (nSPS) is 20.4. The first-order chi connectivity index (χ1) is 9.03. The third kappa shape index (κ3) is 5.65. The molecular weight excluding hydrogens is 252 g/mol. The average Bonchev–Trinajstić information content (AvgIpc) is 2.82. The lowest BCUT2D eigenvalue weighted by atomic mass is 9.85. The molecule has 0 aromatic rings. The number of nitrogens with one attached hydrogen (secondary N) is 1. The van der Waals surface area contributed by atoms with Gasteiger partial charge in [-0.1, -0.05) is 33.6 Å². The van der Waals surface area contributed by atoms with Crippen LogP contribution in [0.25, 0.3) is 0 Å². The minimum Gasteiger partial charge on any atom is -0.314 e. The molecule has 0 aromatic carbocycles. The van der Waals surface area contributed by atoms with Crippen LogP contribution in [0.1, 0.15) is 52.9 Å². The molecule has 1 N–H and O–H groups in total. The van der Waals surface area contributed by atoms with Crippen LogP contribution in [0.2, 0.25) is 0 Å². The van der Waals surface area contributed by atoms with Gasteiger partial charge in [-0.05, 0) is 38.0 Å². The predicted molar refractivity (Wildman–Crippen MR) is 89.1 cm³/mol. The fraction of sp³-hybridized carbons (Fsp3) is 1.00. The van der Waals surface area contributed by atoms with E-state index in [4.69, 9.17) is 0 Å². The summed E-state index contributed by atoms with van der Waals surface area (Å²) in [7, 11) is 2.33. The van der Waals surface area contributed by atoms with E-state index in [1.165, 1.54) is 50.9 Å². The van der Waals surface area contributed by atoms with E-state index in [1.807, 2.05) is 11.8 Å². The van der Waals surface area contributed by atoms with Crippen LogP contribution in [-0.4, -0.2) is 49.1 Å². The van der Waals surface area contributed by atoms with Crippen molar-refractivity contribution < 1.29 is 0 Å². The molecule has 19 heavy (non-hydrogen) atoms. The van der Waals surface area contributed by atoms with Gasteiger partial charge >= 0.3 is 0 Å². The molecule has 0 aromatic heterocycles. The van der Waals surface area contributed by atoms with E-state index in [9.17, 15) is 0 Å². The van der Waals surface area contributed by atoms with Crippen LogP contribution in [0, 0.1) is 5.41 Å². The predicted octanol–water partition coefficient (Wildman–Crippen LogP) is 3.62. The molecule has 1 aliphatic rings. The van der Waals surface area contributed by atoms with Crippen LogP contribution < -0.4 is 5.32 Å². The summed E-state index contributed by atoms with van der Waals surface area (Å²) in [6.45, 7) is 9.31. The molecule has 0 heterocycles. The summed E-state index contributed by atoms with van der Waals surface area (Å²) in [5.41, 5.74) is 0.533. The van der Waals surface area contributed by atoms with Crippen molar-refractivity contribution in [2.24, 2.45) is 5.41 Å². The van der Waals surface area contributed by atoms with Crippen LogP contribution >= 0.6 is 11.8 Å². The molecule has 1 rings (SSSR count). The van der Waals surface area contributed by atoms with Gasteiger partial charge in [-0.3, -0.25) is 0 Å². The molecule has 114 valence electrons. The lowest BCUT2D eigenvalue weighted by Gasteiger charge is -2.38. The molecule has 1 atom stereocenters. The SMILES string of the molecule is CCC(CSC)N(C)CC1(CNC(C)C)CCCC1. The number of rotatable bonds is 9. The number of thioether (sulfide) groups is 1. The van der Waals surface area contributed by atoms with Crippen molar-refractivity contribution in [2.75, 3.05) is 32.1 Å². The van der Waals surface area contributed by atoms with E-state index < -0.39 is 0 Å². The molecule has 1 unspecified atom stereocenters. The Kier molecular flexibility index (Phi) is 7.78. The quantitative estimate of drug-likeness (QED) is 0.697. The maximum atomic E-state index is 3.69. The fourth-order valence-corrected chi connectivity index (χ4v) is 4.22. The maximum Gasteiger partial charge on any atom is 0.0180 e. The Morgan fingerprint density at radius 1 is 1.26 bits per heavy atom. The largest absolute Gasteiger partial charge is 0.314 e. The van der Waals surface area contributed by atoms with Crippen molar-refractivity contribution >= 4 is 11.8 Å². The van der Waals surface area contributed by atoms with Crippen LogP contribution in [0.5, 0.6) is 0 Å². The summed E-state index contributed by atoms with van der Waals surface area (Å²) >= 11 is 1.98. The van der Waals surface area contributed by atoms with Gasteiger partial charge < -0.3 is 10.2 Å². The first-order valence-electron chi connectivity index (χ1n) is 7.95. The third-order valence-electron chi connectivity index (χ3n) is 4.59. The fourth-order valence-electron chi connectivity index (χ4n) is 3.34. The van der Waals surface area contributed by atoms with Crippen molar-refractivity contribution in [1.82, 2.24) is 10.2 Å². The molecule has 1 saturated carbocycles. The lowest BCUT2D eigenvalue weighted by Crippen LogP contribution is -2.46. The molecule has 0 bridgehead atoms. The summed E-state index contributed by atoms with van der Waals surface area (Å²) in [6.07, 6.45) is 9.16. The van der Waals surface area contributed by atoms with Gasteiger partial charge in [-0.25, -0.2) is 0 Å². The highest BCUT2D eigenvalue weighted by molar-refractivity contribution is 7.98. The van der Waals surface area contributed by atoms with E-state index in [0.29, 0.717) is 11.5 Å². The van der Waals surface area contributed by atoms with E-state index in [1.54, 1.807) is 0 Å². The highest BCUT2D eigenvalue weighted by Gasteiger charge is 2.35. The zero-order valence-corrected chi connectivity index (χ0v) is 14.5. The third-order valence-corrected chi connectivity index (χ3v) is 5.31. The van der Waals surface area contributed by atoms with Gasteiger partial charge in [0, 0.05) is 30.9 Å². The standard InChI is InChI=1S/C16H34N2S/c1-6-15(11-19-5)18(4)13-16(9-7-8-10-16)12-17-14(2)3/h14-15,17H,6-13H2,1-5H3. The van der Waals surface area contributed by atoms with Crippen LogP contribution in [0.3, 0.4) is 0 Å². The van der Waals surface area contributed by atoms with Crippen molar-refractivity contribution in [2.45, 2.75) is 65.0 Å². The maximum absolute atomic E-state index is 3.69. The summed E-state index contributed by atoms with van der Waals surface area (Å²) in [6, 6.07) is 1.35. The molecular formula is C16H34N2S. The Balaban J connectivity index is 2.56. The minimum absolute atomic E-state index is 0.533. The Bertz CT molecular complexity index is 237.